The molecule has 9 nitrogen and oxygen atoms in total. The predicted molar refractivity (Wildman–Crippen MR) is 88.1 cm³/mol. The second-order valence-electron chi connectivity index (χ2n) is 6.25. The van der Waals surface area contributed by atoms with Gasteiger partial charge in [0.05, 0.1) is 12.0 Å². The standard InChI is InChI=1S/C14H15IN4O5/c1-5-6-10(18-13(15)17-5)19(4-16-6)11-8-7(9(22-11)12(20)21)23-14(2,3)24-8/h4,7-9,11H,1-3H3,(H,20,21)/t7-,8?,9+,11-/m1/s1. The molecule has 2 aliphatic rings. The average molecular weight is 446 g/mol. The van der Waals surface area contributed by atoms with Crippen LogP contribution < -0.4 is 0 Å². The van der Waals surface area contributed by atoms with Crippen molar-refractivity contribution < 1.29 is 24.1 Å². The normalized spacial score (nSPS) is 31.5. The van der Waals surface area contributed by atoms with Crippen LogP contribution >= 0.6 is 22.6 Å². The molecule has 0 bridgehead atoms. The summed E-state index contributed by atoms with van der Waals surface area (Å²) in [5.41, 5.74) is 1.97. The van der Waals surface area contributed by atoms with Crippen LogP contribution in [0.2, 0.25) is 0 Å². The number of hydrogen-bond donors (Lipinski definition) is 1. The number of halogens is 1. The van der Waals surface area contributed by atoms with E-state index >= 15 is 0 Å². The molecule has 0 aliphatic carbocycles. The van der Waals surface area contributed by atoms with E-state index in [0.29, 0.717) is 15.0 Å². The molecule has 2 fully saturated rings. The highest BCUT2D eigenvalue weighted by Crippen LogP contribution is 2.43. The molecule has 4 heterocycles. The lowest BCUT2D eigenvalue weighted by Crippen LogP contribution is -2.35. The predicted octanol–water partition coefficient (Wildman–Crippen LogP) is 1.24. The van der Waals surface area contributed by atoms with Gasteiger partial charge in [-0.05, 0) is 20.8 Å². The van der Waals surface area contributed by atoms with Gasteiger partial charge in [0.25, 0.3) is 0 Å². The summed E-state index contributed by atoms with van der Waals surface area (Å²) in [6.45, 7) is 5.35. The third-order valence-electron chi connectivity index (χ3n) is 4.12. The minimum Gasteiger partial charge on any atom is -0.479 e. The van der Waals surface area contributed by atoms with Gasteiger partial charge in [0, 0.05) is 22.6 Å². The lowest BCUT2D eigenvalue weighted by Gasteiger charge is -2.23. The van der Waals surface area contributed by atoms with E-state index in [0.717, 1.165) is 5.69 Å². The van der Waals surface area contributed by atoms with Crippen molar-refractivity contribution in [2.24, 2.45) is 0 Å². The second-order valence-corrected chi connectivity index (χ2v) is 7.22. The summed E-state index contributed by atoms with van der Waals surface area (Å²) in [7, 11) is 0. The van der Waals surface area contributed by atoms with E-state index in [-0.39, 0.29) is 0 Å². The summed E-state index contributed by atoms with van der Waals surface area (Å²) < 4.78 is 19.6. The summed E-state index contributed by atoms with van der Waals surface area (Å²) in [5, 5.41) is 9.44. The Balaban J connectivity index is 1.80. The fraction of sp³-hybridized carbons (Fsp3) is 0.571. The first kappa shape index (κ1) is 16.1. The fourth-order valence-electron chi connectivity index (χ4n) is 3.21. The number of imidazole rings is 1. The number of aryl methyl sites for hydroxylation is 1. The second kappa shape index (κ2) is 5.31. The Kier molecular flexibility index (Phi) is 3.57. The van der Waals surface area contributed by atoms with E-state index in [4.69, 9.17) is 14.2 Å². The molecule has 0 saturated carbocycles. The smallest absolute Gasteiger partial charge is 0.335 e. The average Bonchev–Trinajstić information content (AvgIpc) is 3.09. The van der Waals surface area contributed by atoms with Crippen LogP contribution in [-0.4, -0.2) is 54.7 Å². The number of carboxylic acids is 1. The van der Waals surface area contributed by atoms with E-state index in [2.05, 4.69) is 15.0 Å². The van der Waals surface area contributed by atoms with Gasteiger partial charge < -0.3 is 19.3 Å². The summed E-state index contributed by atoms with van der Waals surface area (Å²) in [6.07, 6.45) is -1.48. The molecule has 128 valence electrons. The van der Waals surface area contributed by atoms with Gasteiger partial charge in [-0.1, -0.05) is 0 Å². The van der Waals surface area contributed by atoms with E-state index in [1.807, 2.05) is 29.5 Å². The Bertz CT molecular complexity index is 838. The van der Waals surface area contributed by atoms with Crippen molar-refractivity contribution in [2.45, 2.75) is 51.1 Å². The monoisotopic (exact) mass is 446 g/mol. The summed E-state index contributed by atoms with van der Waals surface area (Å²) >= 11 is 2.03. The van der Waals surface area contributed by atoms with Crippen LogP contribution in [-0.2, 0) is 19.0 Å². The highest BCUT2D eigenvalue weighted by Gasteiger charge is 2.58. The number of carbonyl (C=O) groups is 1. The molecule has 0 spiro atoms. The van der Waals surface area contributed by atoms with Crippen LogP contribution in [0.3, 0.4) is 0 Å². The Labute approximate surface area is 150 Å². The van der Waals surface area contributed by atoms with E-state index in [9.17, 15) is 9.90 Å². The zero-order valence-corrected chi connectivity index (χ0v) is 15.3. The number of rotatable bonds is 2. The number of fused-ring (bicyclic) bond motifs is 2. The fourth-order valence-corrected chi connectivity index (χ4v) is 3.80. The SMILES string of the molecule is Cc1nc(I)nc2c1ncn2[C@@H]1O[C@H](C(=O)O)[C@@H]2OC(C)(C)OC21. The Morgan fingerprint density at radius 1 is 1.33 bits per heavy atom. The van der Waals surface area contributed by atoms with Gasteiger partial charge in [-0.2, -0.15) is 0 Å². The first-order valence-electron chi connectivity index (χ1n) is 7.37. The maximum Gasteiger partial charge on any atom is 0.335 e. The van der Waals surface area contributed by atoms with Gasteiger partial charge in [-0.3, -0.25) is 4.57 Å². The summed E-state index contributed by atoms with van der Waals surface area (Å²) in [5.74, 6) is -1.96. The highest BCUT2D eigenvalue weighted by molar-refractivity contribution is 14.1. The Morgan fingerprint density at radius 3 is 2.75 bits per heavy atom. The summed E-state index contributed by atoms with van der Waals surface area (Å²) in [4.78, 5) is 24.6. The summed E-state index contributed by atoms with van der Waals surface area (Å²) in [6, 6.07) is 0. The van der Waals surface area contributed by atoms with Gasteiger partial charge in [-0.15, -0.1) is 0 Å². The maximum absolute atomic E-state index is 11.5. The van der Waals surface area contributed by atoms with Crippen molar-refractivity contribution in [3.05, 3.63) is 15.9 Å². The molecule has 24 heavy (non-hydrogen) atoms. The van der Waals surface area contributed by atoms with Crippen LogP contribution in [0.4, 0.5) is 0 Å². The molecule has 0 radical (unpaired) electrons. The Hall–Kier alpha value is -1.37. The molecular formula is C14H15IN4O5. The molecule has 2 saturated heterocycles. The van der Waals surface area contributed by atoms with Gasteiger partial charge in [0.15, 0.2) is 27.6 Å². The van der Waals surface area contributed by atoms with Crippen molar-refractivity contribution in [1.82, 2.24) is 19.5 Å². The first-order chi connectivity index (χ1) is 11.3. The molecule has 2 aromatic heterocycles. The quantitative estimate of drug-likeness (QED) is 0.543. The number of ether oxygens (including phenoxy) is 3. The van der Waals surface area contributed by atoms with Gasteiger partial charge in [-0.25, -0.2) is 19.7 Å². The third kappa shape index (κ3) is 2.39. The zero-order valence-electron chi connectivity index (χ0n) is 13.1. The number of hydrogen-bond acceptors (Lipinski definition) is 7. The molecule has 10 heteroatoms. The molecular weight excluding hydrogens is 431 g/mol. The molecule has 2 aliphatic heterocycles. The Morgan fingerprint density at radius 2 is 2.04 bits per heavy atom. The lowest BCUT2D eigenvalue weighted by molar-refractivity contribution is -0.202. The number of nitrogens with zero attached hydrogens (tertiary/aromatic N) is 4. The number of carboxylic acid groups (broad SMARTS) is 1. The number of aliphatic carboxylic acids is 1. The molecule has 4 rings (SSSR count). The lowest BCUT2D eigenvalue weighted by atomic mass is 10.1. The largest absolute Gasteiger partial charge is 0.479 e. The third-order valence-corrected chi connectivity index (χ3v) is 4.60. The van der Waals surface area contributed by atoms with Crippen molar-refractivity contribution in [2.75, 3.05) is 0 Å². The molecule has 1 N–H and O–H groups in total. The van der Waals surface area contributed by atoms with Crippen molar-refractivity contribution in [3.8, 4) is 0 Å². The van der Waals surface area contributed by atoms with E-state index in [1.165, 1.54) is 0 Å². The number of aromatic nitrogens is 4. The van der Waals surface area contributed by atoms with Crippen molar-refractivity contribution >= 4 is 39.7 Å². The minimum absolute atomic E-state index is 0.563. The van der Waals surface area contributed by atoms with Crippen LogP contribution in [0.1, 0.15) is 25.8 Å². The molecule has 2 aromatic rings. The van der Waals surface area contributed by atoms with Gasteiger partial charge >= 0.3 is 5.97 Å². The van der Waals surface area contributed by atoms with Crippen LogP contribution in [0.25, 0.3) is 11.2 Å². The molecule has 0 aromatic carbocycles. The van der Waals surface area contributed by atoms with Crippen LogP contribution in [0, 0.1) is 10.8 Å². The van der Waals surface area contributed by atoms with E-state index < -0.39 is 36.3 Å². The molecule has 4 atom stereocenters. The van der Waals surface area contributed by atoms with Gasteiger partial charge in [0.1, 0.15) is 17.7 Å². The van der Waals surface area contributed by atoms with Crippen molar-refractivity contribution in [1.29, 1.82) is 0 Å². The topological polar surface area (TPSA) is 109 Å². The maximum atomic E-state index is 11.5. The zero-order chi connectivity index (χ0) is 17.2. The van der Waals surface area contributed by atoms with Crippen LogP contribution in [0.5, 0.6) is 0 Å². The van der Waals surface area contributed by atoms with Crippen LogP contribution in [0.15, 0.2) is 6.33 Å². The minimum atomic E-state index is -1.11. The van der Waals surface area contributed by atoms with Crippen molar-refractivity contribution in [3.63, 3.8) is 0 Å². The molecule has 0 amide bonds. The molecule has 1 unspecified atom stereocenters. The first-order valence-corrected chi connectivity index (χ1v) is 8.45. The van der Waals surface area contributed by atoms with E-state index in [1.54, 1.807) is 24.7 Å². The highest BCUT2D eigenvalue weighted by atomic mass is 127. The van der Waals surface area contributed by atoms with Gasteiger partial charge in [0.2, 0.25) is 0 Å².